The summed E-state index contributed by atoms with van der Waals surface area (Å²) in [6.07, 6.45) is 1.91. The van der Waals surface area contributed by atoms with E-state index in [1.807, 2.05) is 36.5 Å². The van der Waals surface area contributed by atoms with Gasteiger partial charge >= 0.3 is 0 Å². The second-order valence-electron chi connectivity index (χ2n) is 5.65. The topological polar surface area (TPSA) is 39.1 Å². The first-order chi connectivity index (χ1) is 11.7. The lowest BCUT2D eigenvalue weighted by atomic mass is 10.2. The van der Waals surface area contributed by atoms with E-state index in [4.69, 9.17) is 0 Å². The van der Waals surface area contributed by atoms with Gasteiger partial charge in [-0.25, -0.2) is 4.99 Å². The lowest BCUT2D eigenvalue weighted by Crippen LogP contribution is -2.50. The van der Waals surface area contributed by atoms with Gasteiger partial charge in [0.1, 0.15) is 0 Å². The van der Waals surface area contributed by atoms with Gasteiger partial charge in [-0.1, -0.05) is 18.2 Å². The summed E-state index contributed by atoms with van der Waals surface area (Å²) in [7, 11) is 0. The van der Waals surface area contributed by atoms with E-state index in [0.29, 0.717) is 12.1 Å². The minimum atomic E-state index is -0.000920. The van der Waals surface area contributed by atoms with E-state index in [9.17, 15) is 4.79 Å². The maximum Gasteiger partial charge on any atom is 0.260 e. The molecular formula is C19H28N4O. The Bertz CT molecular complexity index is 601. The van der Waals surface area contributed by atoms with Gasteiger partial charge in [0.05, 0.1) is 18.4 Å². The molecule has 0 N–H and O–H groups in total. The SMILES string of the molecule is CCN(CC)C1=CN=C(N(CC)CC)N(C(=O)c2ccccc2)C1. The van der Waals surface area contributed by atoms with Crippen LogP contribution in [0.3, 0.4) is 0 Å². The average Bonchev–Trinajstić information content (AvgIpc) is 2.64. The van der Waals surface area contributed by atoms with Crippen LogP contribution < -0.4 is 0 Å². The molecule has 0 saturated heterocycles. The third-order valence-electron chi connectivity index (χ3n) is 4.37. The molecule has 0 atom stereocenters. The molecule has 5 nitrogen and oxygen atoms in total. The fourth-order valence-corrected chi connectivity index (χ4v) is 2.94. The molecule has 24 heavy (non-hydrogen) atoms. The first-order valence-corrected chi connectivity index (χ1v) is 8.79. The zero-order valence-corrected chi connectivity index (χ0v) is 15.2. The molecule has 1 aliphatic rings. The molecule has 0 fully saturated rings. The van der Waals surface area contributed by atoms with Gasteiger partial charge in [-0.05, 0) is 39.8 Å². The number of hydrogen-bond acceptors (Lipinski definition) is 4. The molecule has 0 aliphatic carbocycles. The fourth-order valence-electron chi connectivity index (χ4n) is 2.94. The van der Waals surface area contributed by atoms with Crippen molar-refractivity contribution in [2.24, 2.45) is 4.99 Å². The van der Waals surface area contributed by atoms with Crippen LogP contribution in [0.1, 0.15) is 38.1 Å². The van der Waals surface area contributed by atoms with Crippen LogP contribution in [0.2, 0.25) is 0 Å². The summed E-state index contributed by atoms with van der Waals surface area (Å²) in [4.78, 5) is 23.9. The molecule has 0 bridgehead atoms. The van der Waals surface area contributed by atoms with Gasteiger partial charge in [-0.3, -0.25) is 9.69 Å². The molecule has 1 aromatic rings. The number of rotatable bonds is 6. The van der Waals surface area contributed by atoms with Crippen LogP contribution in [0, 0.1) is 0 Å². The predicted molar refractivity (Wildman–Crippen MR) is 98.8 cm³/mol. The second kappa shape index (κ2) is 8.52. The normalized spacial score (nSPS) is 14.1. The van der Waals surface area contributed by atoms with E-state index in [0.717, 1.165) is 37.8 Å². The van der Waals surface area contributed by atoms with Crippen molar-refractivity contribution in [3.05, 3.63) is 47.8 Å². The van der Waals surface area contributed by atoms with Gasteiger partial charge in [0.25, 0.3) is 5.91 Å². The smallest absolute Gasteiger partial charge is 0.260 e. The fraction of sp³-hybridized carbons (Fsp3) is 0.474. The van der Waals surface area contributed by atoms with E-state index in [1.165, 1.54) is 0 Å². The van der Waals surface area contributed by atoms with E-state index in [2.05, 4.69) is 42.5 Å². The highest BCUT2D eigenvalue weighted by molar-refractivity contribution is 6.06. The van der Waals surface area contributed by atoms with Gasteiger partial charge in [0, 0.05) is 31.7 Å². The summed E-state index contributed by atoms with van der Waals surface area (Å²) >= 11 is 0. The Kier molecular flexibility index (Phi) is 6.41. The van der Waals surface area contributed by atoms with Crippen LogP contribution in [-0.2, 0) is 0 Å². The lowest BCUT2D eigenvalue weighted by molar-refractivity contribution is 0.0829. The van der Waals surface area contributed by atoms with Crippen molar-refractivity contribution in [2.45, 2.75) is 27.7 Å². The van der Waals surface area contributed by atoms with E-state index >= 15 is 0 Å². The highest BCUT2D eigenvalue weighted by Crippen LogP contribution is 2.17. The molecule has 130 valence electrons. The van der Waals surface area contributed by atoms with Gasteiger partial charge in [0.15, 0.2) is 0 Å². The first-order valence-electron chi connectivity index (χ1n) is 8.79. The highest BCUT2D eigenvalue weighted by Gasteiger charge is 2.28. The van der Waals surface area contributed by atoms with Crippen LogP contribution >= 0.6 is 0 Å². The number of amides is 1. The summed E-state index contributed by atoms with van der Waals surface area (Å²) in [5, 5.41) is 0. The number of guanidine groups is 1. The minimum Gasteiger partial charge on any atom is -0.373 e. The van der Waals surface area contributed by atoms with Gasteiger partial charge in [0.2, 0.25) is 5.96 Å². The van der Waals surface area contributed by atoms with E-state index < -0.39 is 0 Å². The monoisotopic (exact) mass is 328 g/mol. The molecule has 0 spiro atoms. The Morgan fingerprint density at radius 1 is 1.00 bits per heavy atom. The molecule has 0 radical (unpaired) electrons. The Hall–Kier alpha value is -2.30. The number of benzene rings is 1. The third kappa shape index (κ3) is 3.78. The summed E-state index contributed by atoms with van der Waals surface area (Å²) in [5.41, 5.74) is 1.78. The molecule has 1 heterocycles. The molecule has 1 aromatic carbocycles. The van der Waals surface area contributed by atoms with Crippen molar-refractivity contribution in [3.8, 4) is 0 Å². The summed E-state index contributed by atoms with van der Waals surface area (Å²) < 4.78 is 0. The van der Waals surface area contributed by atoms with Crippen molar-refractivity contribution in [3.63, 3.8) is 0 Å². The largest absolute Gasteiger partial charge is 0.373 e. The number of likely N-dealkylation sites (N-methyl/N-ethyl adjacent to an activating group) is 1. The van der Waals surface area contributed by atoms with Crippen LogP contribution in [0.15, 0.2) is 47.2 Å². The molecule has 1 aliphatic heterocycles. The van der Waals surface area contributed by atoms with Crippen molar-refractivity contribution in [2.75, 3.05) is 32.7 Å². The second-order valence-corrected chi connectivity index (χ2v) is 5.65. The maximum absolute atomic E-state index is 13.1. The number of carbonyl (C=O) groups is 1. The number of aliphatic imine (C=N–C) groups is 1. The van der Waals surface area contributed by atoms with Crippen LogP contribution in [0.25, 0.3) is 0 Å². The van der Waals surface area contributed by atoms with Gasteiger partial charge < -0.3 is 9.80 Å². The van der Waals surface area contributed by atoms with E-state index in [-0.39, 0.29) is 5.91 Å². The quantitative estimate of drug-likeness (QED) is 0.806. The number of hydrogen-bond donors (Lipinski definition) is 0. The molecule has 0 aromatic heterocycles. The Balaban J connectivity index is 2.37. The van der Waals surface area contributed by atoms with Gasteiger partial charge in [-0.2, -0.15) is 0 Å². The molecule has 0 saturated carbocycles. The predicted octanol–water partition coefficient (Wildman–Crippen LogP) is 3.02. The Morgan fingerprint density at radius 2 is 1.58 bits per heavy atom. The minimum absolute atomic E-state index is 0.000920. The van der Waals surface area contributed by atoms with Crippen LogP contribution in [-0.4, -0.2) is 59.3 Å². The first kappa shape index (κ1) is 18.0. The zero-order valence-electron chi connectivity index (χ0n) is 15.2. The van der Waals surface area contributed by atoms with Crippen molar-refractivity contribution < 1.29 is 4.79 Å². The molecule has 0 unspecified atom stereocenters. The third-order valence-corrected chi connectivity index (χ3v) is 4.37. The molecule has 1 amide bonds. The average molecular weight is 328 g/mol. The zero-order chi connectivity index (χ0) is 17.5. The Morgan fingerprint density at radius 3 is 2.12 bits per heavy atom. The maximum atomic E-state index is 13.1. The van der Waals surface area contributed by atoms with Crippen molar-refractivity contribution >= 4 is 11.9 Å². The van der Waals surface area contributed by atoms with Gasteiger partial charge in [-0.15, -0.1) is 0 Å². The van der Waals surface area contributed by atoms with Crippen molar-refractivity contribution in [1.29, 1.82) is 0 Å². The lowest BCUT2D eigenvalue weighted by Gasteiger charge is -2.37. The molecule has 5 heteroatoms. The summed E-state index contributed by atoms with van der Waals surface area (Å²) in [5.74, 6) is 0.740. The van der Waals surface area contributed by atoms with Crippen LogP contribution in [0.4, 0.5) is 0 Å². The summed E-state index contributed by atoms with van der Waals surface area (Å²) in [6.45, 7) is 12.4. The van der Waals surface area contributed by atoms with E-state index in [1.54, 1.807) is 4.90 Å². The highest BCUT2D eigenvalue weighted by atomic mass is 16.2. The summed E-state index contributed by atoms with van der Waals surface area (Å²) in [6, 6.07) is 9.43. The Labute approximate surface area is 145 Å². The molecule has 2 rings (SSSR count). The standard InChI is InChI=1S/C19H28N4O/c1-5-21(6-2)17-14-20-19(22(7-3)8-4)23(15-17)18(24)16-12-10-9-11-13-16/h9-14H,5-8,15H2,1-4H3. The molecular weight excluding hydrogens is 300 g/mol. The number of carbonyl (C=O) groups excluding carboxylic acids is 1. The van der Waals surface area contributed by atoms with Crippen LogP contribution in [0.5, 0.6) is 0 Å². The van der Waals surface area contributed by atoms with Crippen molar-refractivity contribution in [1.82, 2.24) is 14.7 Å². The number of nitrogens with zero attached hydrogens (tertiary/aromatic N) is 4.